The maximum absolute atomic E-state index is 12.7. The van der Waals surface area contributed by atoms with Gasteiger partial charge in [0.15, 0.2) is 5.82 Å². The number of aromatic amines is 2. The van der Waals surface area contributed by atoms with E-state index < -0.39 is 11.9 Å². The Morgan fingerprint density at radius 2 is 1.96 bits per heavy atom. The van der Waals surface area contributed by atoms with Gasteiger partial charge in [-0.05, 0) is 38.5 Å². The average molecular weight is 382 g/mol. The molecule has 8 heteroatoms. The lowest BCUT2D eigenvalue weighted by Crippen LogP contribution is -2.14. The van der Waals surface area contributed by atoms with Gasteiger partial charge in [0, 0.05) is 17.3 Å². The lowest BCUT2D eigenvalue weighted by Gasteiger charge is -2.05. The van der Waals surface area contributed by atoms with Gasteiger partial charge in [-0.15, -0.1) is 0 Å². The molecule has 2 heterocycles. The van der Waals surface area contributed by atoms with Crippen molar-refractivity contribution in [2.24, 2.45) is 0 Å². The van der Waals surface area contributed by atoms with Gasteiger partial charge in [0.25, 0.3) is 5.91 Å². The van der Waals surface area contributed by atoms with Crippen LogP contribution in [-0.4, -0.2) is 40.8 Å². The van der Waals surface area contributed by atoms with Crippen LogP contribution in [0.1, 0.15) is 39.0 Å². The maximum atomic E-state index is 12.7. The molecule has 0 fully saturated rings. The molecule has 1 amide bonds. The second kappa shape index (κ2) is 7.99. The van der Waals surface area contributed by atoms with Crippen molar-refractivity contribution in [3.05, 3.63) is 52.8 Å². The monoisotopic (exact) mass is 382 g/mol. The number of carbonyl (C=O) groups is 2. The van der Waals surface area contributed by atoms with Crippen LogP contribution in [-0.2, 0) is 4.74 Å². The quantitative estimate of drug-likeness (QED) is 0.566. The third-order valence-corrected chi connectivity index (χ3v) is 4.36. The first-order chi connectivity index (χ1) is 13.5. The summed E-state index contributed by atoms with van der Waals surface area (Å²) in [5, 5.41) is 9.76. The van der Waals surface area contributed by atoms with E-state index >= 15 is 0 Å². The van der Waals surface area contributed by atoms with Gasteiger partial charge < -0.3 is 19.8 Å². The largest absolute Gasteiger partial charge is 0.496 e. The summed E-state index contributed by atoms with van der Waals surface area (Å²) in [4.78, 5) is 27.7. The fourth-order valence-corrected chi connectivity index (χ4v) is 3.06. The Bertz CT molecular complexity index is 1020. The number of nitrogens with zero attached hydrogens (tertiary/aromatic N) is 1. The van der Waals surface area contributed by atoms with E-state index in [-0.39, 0.29) is 6.61 Å². The highest BCUT2D eigenvalue weighted by atomic mass is 16.5. The predicted molar refractivity (Wildman–Crippen MR) is 105 cm³/mol. The minimum Gasteiger partial charge on any atom is -0.496 e. The zero-order valence-corrected chi connectivity index (χ0v) is 16.2. The Hall–Kier alpha value is -3.55. The molecule has 0 aliphatic heterocycles. The Labute approximate surface area is 162 Å². The summed E-state index contributed by atoms with van der Waals surface area (Å²) in [5.41, 5.74) is 3.33. The second-order valence-corrected chi connectivity index (χ2v) is 6.17. The van der Waals surface area contributed by atoms with Crippen LogP contribution in [0.4, 0.5) is 5.82 Å². The van der Waals surface area contributed by atoms with Crippen molar-refractivity contribution in [3.8, 4) is 17.0 Å². The molecule has 0 aliphatic rings. The highest BCUT2D eigenvalue weighted by Crippen LogP contribution is 2.29. The molecule has 3 rings (SSSR count). The fourth-order valence-electron chi connectivity index (χ4n) is 3.06. The summed E-state index contributed by atoms with van der Waals surface area (Å²) in [6, 6.07) is 9.21. The number of nitrogens with one attached hydrogen (secondary N) is 3. The highest BCUT2D eigenvalue weighted by molar-refractivity contribution is 6.06. The summed E-state index contributed by atoms with van der Waals surface area (Å²) in [5.74, 6) is 0.203. The highest BCUT2D eigenvalue weighted by Gasteiger charge is 2.23. The van der Waals surface area contributed by atoms with Crippen LogP contribution in [0.3, 0.4) is 0 Å². The van der Waals surface area contributed by atoms with E-state index in [4.69, 9.17) is 9.47 Å². The van der Waals surface area contributed by atoms with Crippen molar-refractivity contribution in [3.63, 3.8) is 0 Å². The van der Waals surface area contributed by atoms with Gasteiger partial charge in [-0.25, -0.2) is 4.79 Å². The first-order valence-electron chi connectivity index (χ1n) is 8.82. The minimum absolute atomic E-state index is 0.267. The zero-order chi connectivity index (χ0) is 20.3. The number of aryl methyl sites for hydroxylation is 1. The average Bonchev–Trinajstić information content (AvgIpc) is 3.25. The van der Waals surface area contributed by atoms with Gasteiger partial charge >= 0.3 is 5.97 Å². The Morgan fingerprint density at radius 1 is 1.21 bits per heavy atom. The van der Waals surface area contributed by atoms with Crippen LogP contribution in [0.2, 0.25) is 0 Å². The van der Waals surface area contributed by atoms with Crippen LogP contribution in [0.5, 0.6) is 5.75 Å². The molecule has 3 N–H and O–H groups in total. The summed E-state index contributed by atoms with van der Waals surface area (Å²) in [6.07, 6.45) is 0. The molecule has 2 aromatic heterocycles. The van der Waals surface area contributed by atoms with Gasteiger partial charge in [0.1, 0.15) is 11.4 Å². The van der Waals surface area contributed by atoms with E-state index in [0.29, 0.717) is 39.8 Å². The van der Waals surface area contributed by atoms with Gasteiger partial charge in [-0.2, -0.15) is 5.10 Å². The molecule has 0 spiro atoms. The number of hydrogen-bond donors (Lipinski definition) is 3. The number of anilines is 1. The third-order valence-electron chi connectivity index (χ3n) is 4.36. The topological polar surface area (TPSA) is 109 Å². The van der Waals surface area contributed by atoms with E-state index in [1.54, 1.807) is 33.9 Å². The van der Waals surface area contributed by atoms with Crippen LogP contribution < -0.4 is 10.1 Å². The number of methoxy groups -OCH3 is 1. The molecule has 0 atom stereocenters. The number of aromatic nitrogens is 3. The maximum Gasteiger partial charge on any atom is 0.340 e. The number of hydrogen-bond acceptors (Lipinski definition) is 5. The van der Waals surface area contributed by atoms with Gasteiger partial charge in [0.05, 0.1) is 25.0 Å². The zero-order valence-electron chi connectivity index (χ0n) is 16.2. The van der Waals surface area contributed by atoms with E-state index in [1.807, 2.05) is 24.3 Å². The van der Waals surface area contributed by atoms with Crippen LogP contribution >= 0.6 is 0 Å². The molecule has 146 valence electrons. The minimum atomic E-state index is -0.453. The van der Waals surface area contributed by atoms with E-state index in [9.17, 15) is 9.59 Å². The van der Waals surface area contributed by atoms with Gasteiger partial charge in [-0.1, -0.05) is 12.1 Å². The van der Waals surface area contributed by atoms with Crippen molar-refractivity contribution < 1.29 is 19.1 Å². The van der Waals surface area contributed by atoms with Crippen LogP contribution in [0, 0.1) is 13.8 Å². The molecule has 8 nitrogen and oxygen atoms in total. The van der Waals surface area contributed by atoms with Crippen molar-refractivity contribution in [2.75, 3.05) is 19.0 Å². The number of esters is 1. The number of para-hydroxylation sites is 1. The Kier molecular flexibility index (Phi) is 5.49. The van der Waals surface area contributed by atoms with Gasteiger partial charge in [0.2, 0.25) is 0 Å². The van der Waals surface area contributed by atoms with E-state index in [1.165, 1.54) is 0 Å². The molecular weight excluding hydrogens is 360 g/mol. The molecule has 28 heavy (non-hydrogen) atoms. The predicted octanol–water partition coefficient (Wildman–Crippen LogP) is 3.46. The Balaban J connectivity index is 1.82. The molecule has 3 aromatic rings. The summed E-state index contributed by atoms with van der Waals surface area (Å²) < 4.78 is 10.4. The lowest BCUT2D eigenvalue weighted by atomic mass is 10.1. The number of benzene rings is 1. The van der Waals surface area contributed by atoms with Crippen molar-refractivity contribution >= 4 is 17.7 Å². The van der Waals surface area contributed by atoms with E-state index in [2.05, 4.69) is 20.5 Å². The number of carbonyl (C=O) groups excluding carboxylic acids is 2. The number of ether oxygens (including phenoxy) is 2. The van der Waals surface area contributed by atoms with Gasteiger partial charge in [-0.3, -0.25) is 9.89 Å². The molecule has 0 radical (unpaired) electrons. The standard InChI is InChI=1S/C20H22N4O4/c1-5-28-20(26)17-11(2)18(21-12(17)3)19(25)22-16-10-14(23-24-16)13-8-6-7-9-15(13)27-4/h6-10,21H,5H2,1-4H3,(H2,22,23,24,25). The summed E-state index contributed by atoms with van der Waals surface area (Å²) >= 11 is 0. The third kappa shape index (κ3) is 3.62. The summed E-state index contributed by atoms with van der Waals surface area (Å²) in [7, 11) is 1.59. The van der Waals surface area contributed by atoms with Crippen molar-refractivity contribution in [2.45, 2.75) is 20.8 Å². The Morgan fingerprint density at radius 3 is 2.68 bits per heavy atom. The molecule has 0 aliphatic carbocycles. The van der Waals surface area contributed by atoms with Crippen LogP contribution in [0.15, 0.2) is 30.3 Å². The smallest absolute Gasteiger partial charge is 0.340 e. The number of amides is 1. The van der Waals surface area contributed by atoms with Crippen molar-refractivity contribution in [1.29, 1.82) is 0 Å². The molecule has 0 bridgehead atoms. The molecule has 0 saturated carbocycles. The molecule has 1 aromatic carbocycles. The second-order valence-electron chi connectivity index (χ2n) is 6.17. The first kappa shape index (κ1) is 19.2. The van der Waals surface area contributed by atoms with Crippen LogP contribution in [0.25, 0.3) is 11.3 Å². The molecule has 0 saturated heterocycles. The number of H-pyrrole nitrogens is 2. The molecular formula is C20H22N4O4. The van der Waals surface area contributed by atoms with E-state index in [0.717, 1.165) is 5.56 Å². The fraction of sp³-hybridized carbons (Fsp3) is 0.250. The van der Waals surface area contributed by atoms with Crippen molar-refractivity contribution in [1.82, 2.24) is 15.2 Å². The normalized spacial score (nSPS) is 10.6. The molecule has 0 unspecified atom stereocenters. The SMILES string of the molecule is CCOC(=O)c1c(C)[nH]c(C(=O)Nc2cc(-c3ccccc3OC)[nH]n2)c1C. The first-order valence-corrected chi connectivity index (χ1v) is 8.82. The number of rotatable bonds is 6. The summed E-state index contributed by atoms with van der Waals surface area (Å²) in [6.45, 7) is 5.43. The lowest BCUT2D eigenvalue weighted by molar-refractivity contribution is 0.0525.